The zero-order valence-electron chi connectivity index (χ0n) is 7.56. The molecule has 1 heterocycles. The highest BCUT2D eigenvalue weighted by molar-refractivity contribution is 7.11. The van der Waals surface area contributed by atoms with Crippen LogP contribution in [-0.2, 0) is 14.3 Å². The second-order valence-electron chi connectivity index (χ2n) is 2.25. The van der Waals surface area contributed by atoms with E-state index in [9.17, 15) is 9.59 Å². The first-order valence-corrected chi connectivity index (χ1v) is 4.86. The molecule has 76 valence electrons. The molecule has 1 aromatic rings. The summed E-state index contributed by atoms with van der Waals surface area (Å²) in [6, 6.07) is 0. The van der Waals surface area contributed by atoms with Crippen LogP contribution in [0.3, 0.4) is 0 Å². The summed E-state index contributed by atoms with van der Waals surface area (Å²) in [4.78, 5) is 25.6. The van der Waals surface area contributed by atoms with Gasteiger partial charge >= 0.3 is 11.9 Å². The van der Waals surface area contributed by atoms with E-state index in [1.807, 2.05) is 0 Å². The van der Waals surface area contributed by atoms with E-state index >= 15 is 0 Å². The Bertz CT molecular complexity index is 309. The van der Waals surface area contributed by atoms with E-state index < -0.39 is 11.9 Å². The van der Waals surface area contributed by atoms with Gasteiger partial charge in [-0.05, 0) is 6.92 Å². The predicted molar refractivity (Wildman–Crippen MR) is 49.0 cm³/mol. The van der Waals surface area contributed by atoms with Gasteiger partial charge in [-0.25, -0.2) is 4.98 Å². The Kier molecular flexibility index (Phi) is 4.06. The third-order valence-electron chi connectivity index (χ3n) is 1.20. The van der Waals surface area contributed by atoms with Gasteiger partial charge in [0.2, 0.25) is 0 Å². The van der Waals surface area contributed by atoms with Crippen LogP contribution < -0.4 is 4.74 Å². The van der Waals surface area contributed by atoms with Crippen molar-refractivity contribution in [2.24, 2.45) is 0 Å². The Morgan fingerprint density at radius 1 is 1.50 bits per heavy atom. The van der Waals surface area contributed by atoms with E-state index in [0.717, 1.165) is 0 Å². The number of hydrogen-bond acceptors (Lipinski definition) is 6. The highest BCUT2D eigenvalue weighted by Crippen LogP contribution is 2.13. The second-order valence-corrected chi connectivity index (χ2v) is 3.11. The second kappa shape index (κ2) is 5.33. The summed E-state index contributed by atoms with van der Waals surface area (Å²) in [5, 5.41) is 1.91. The highest BCUT2D eigenvalue weighted by Gasteiger charge is 2.13. The van der Waals surface area contributed by atoms with Crippen molar-refractivity contribution in [3.05, 3.63) is 11.6 Å². The number of carbonyl (C=O) groups excluding carboxylic acids is 2. The lowest BCUT2D eigenvalue weighted by Crippen LogP contribution is -2.15. The average Bonchev–Trinajstić information content (AvgIpc) is 2.56. The lowest BCUT2D eigenvalue weighted by Gasteiger charge is -2.00. The molecule has 1 aromatic heterocycles. The summed E-state index contributed by atoms with van der Waals surface area (Å²) >= 11 is 1.19. The van der Waals surface area contributed by atoms with Crippen molar-refractivity contribution in [3.8, 4) is 5.19 Å². The topological polar surface area (TPSA) is 65.5 Å². The first-order valence-electron chi connectivity index (χ1n) is 3.98. The Morgan fingerprint density at radius 2 is 2.29 bits per heavy atom. The van der Waals surface area contributed by atoms with Crippen molar-refractivity contribution in [3.63, 3.8) is 0 Å². The molecule has 6 heteroatoms. The van der Waals surface area contributed by atoms with Crippen molar-refractivity contribution in [1.29, 1.82) is 0 Å². The number of carbonyl (C=O) groups is 2. The molecule has 0 atom stereocenters. The maximum atomic E-state index is 11.0. The number of nitrogens with zero attached hydrogens (tertiary/aromatic N) is 1. The molecule has 0 spiro atoms. The Labute approximate surface area is 84.7 Å². The van der Waals surface area contributed by atoms with E-state index in [1.54, 1.807) is 12.3 Å². The molecular weight excluding hydrogens is 206 g/mol. The molecule has 0 aliphatic carbocycles. The lowest BCUT2D eigenvalue weighted by atomic mass is 10.4. The van der Waals surface area contributed by atoms with Crippen LogP contribution >= 0.6 is 11.3 Å². The Balaban J connectivity index is 2.33. The number of thiazole rings is 1. The molecule has 0 aliphatic rings. The van der Waals surface area contributed by atoms with Crippen LogP contribution in [0, 0.1) is 0 Å². The summed E-state index contributed by atoms with van der Waals surface area (Å²) in [5.41, 5.74) is 0. The van der Waals surface area contributed by atoms with Crippen LogP contribution in [-0.4, -0.2) is 23.5 Å². The third-order valence-corrected chi connectivity index (χ3v) is 1.85. The Hall–Kier alpha value is -1.43. The Morgan fingerprint density at radius 3 is 2.86 bits per heavy atom. The molecule has 0 fully saturated rings. The summed E-state index contributed by atoms with van der Waals surface area (Å²) in [7, 11) is 0. The summed E-state index contributed by atoms with van der Waals surface area (Å²) < 4.78 is 9.31. The van der Waals surface area contributed by atoms with Crippen molar-refractivity contribution < 1.29 is 19.1 Å². The monoisotopic (exact) mass is 215 g/mol. The fourth-order valence-electron chi connectivity index (χ4n) is 0.724. The van der Waals surface area contributed by atoms with Crippen LogP contribution in [0.5, 0.6) is 5.19 Å². The molecule has 14 heavy (non-hydrogen) atoms. The quantitative estimate of drug-likeness (QED) is 0.553. The molecule has 0 amide bonds. The van der Waals surface area contributed by atoms with Gasteiger partial charge in [0.25, 0.3) is 5.19 Å². The standard InChI is InChI=1S/C8H9NO4S/c1-2-12-6(10)5-7(11)13-8-9-3-4-14-8/h3-4H,2,5H2,1H3. The fraction of sp³-hybridized carbons (Fsp3) is 0.375. The van der Waals surface area contributed by atoms with Gasteiger partial charge in [0.1, 0.15) is 6.42 Å². The minimum atomic E-state index is -0.654. The number of esters is 2. The summed E-state index contributed by atoms with van der Waals surface area (Å²) in [6.45, 7) is 1.92. The number of rotatable bonds is 4. The zero-order chi connectivity index (χ0) is 10.4. The molecule has 0 radical (unpaired) electrons. The van der Waals surface area contributed by atoms with E-state index in [4.69, 9.17) is 4.74 Å². The molecule has 0 unspecified atom stereocenters. The van der Waals surface area contributed by atoms with E-state index in [1.165, 1.54) is 17.5 Å². The van der Waals surface area contributed by atoms with Gasteiger partial charge in [-0.1, -0.05) is 11.3 Å². The van der Waals surface area contributed by atoms with Crippen LogP contribution in [0.1, 0.15) is 13.3 Å². The normalized spacial score (nSPS) is 9.50. The van der Waals surface area contributed by atoms with Crippen LogP contribution in [0.25, 0.3) is 0 Å². The highest BCUT2D eigenvalue weighted by atomic mass is 32.1. The smallest absolute Gasteiger partial charge is 0.324 e. The predicted octanol–water partition coefficient (Wildman–Crippen LogP) is 1.00. The number of hydrogen-bond donors (Lipinski definition) is 0. The molecule has 0 aromatic carbocycles. The SMILES string of the molecule is CCOC(=O)CC(=O)Oc1nccs1. The minimum absolute atomic E-state index is 0.235. The van der Waals surface area contributed by atoms with Crippen LogP contribution in [0.4, 0.5) is 0 Å². The lowest BCUT2D eigenvalue weighted by molar-refractivity contribution is -0.149. The minimum Gasteiger partial charge on any atom is -0.466 e. The van der Waals surface area contributed by atoms with Crippen LogP contribution in [0.15, 0.2) is 11.6 Å². The largest absolute Gasteiger partial charge is 0.466 e. The van der Waals surface area contributed by atoms with Gasteiger partial charge in [0.05, 0.1) is 6.61 Å². The summed E-state index contributed by atoms with van der Waals surface area (Å²) in [5.74, 6) is -1.24. The maximum absolute atomic E-state index is 11.0. The molecule has 0 bridgehead atoms. The maximum Gasteiger partial charge on any atom is 0.324 e. The zero-order valence-corrected chi connectivity index (χ0v) is 8.37. The third kappa shape index (κ3) is 3.53. The first-order chi connectivity index (χ1) is 6.72. The molecule has 0 N–H and O–H groups in total. The first kappa shape index (κ1) is 10.6. The molecule has 0 saturated carbocycles. The van der Waals surface area contributed by atoms with Gasteiger partial charge in [-0.2, -0.15) is 0 Å². The van der Waals surface area contributed by atoms with Gasteiger partial charge in [-0.3, -0.25) is 9.59 Å². The number of aromatic nitrogens is 1. The van der Waals surface area contributed by atoms with Crippen molar-refractivity contribution in [2.75, 3.05) is 6.61 Å². The van der Waals surface area contributed by atoms with Crippen LogP contribution in [0.2, 0.25) is 0 Å². The van der Waals surface area contributed by atoms with Crippen molar-refractivity contribution >= 4 is 23.3 Å². The van der Waals surface area contributed by atoms with Crippen molar-refractivity contribution in [1.82, 2.24) is 4.98 Å². The van der Waals surface area contributed by atoms with Gasteiger partial charge in [0.15, 0.2) is 0 Å². The summed E-state index contributed by atoms with van der Waals surface area (Å²) in [6.07, 6.45) is 1.13. The fourth-order valence-corrected chi connectivity index (χ4v) is 1.23. The van der Waals surface area contributed by atoms with E-state index in [0.29, 0.717) is 0 Å². The number of ether oxygens (including phenoxy) is 2. The van der Waals surface area contributed by atoms with Gasteiger partial charge in [-0.15, -0.1) is 0 Å². The molecular formula is C8H9NO4S. The van der Waals surface area contributed by atoms with Gasteiger partial charge < -0.3 is 9.47 Å². The molecule has 0 aliphatic heterocycles. The van der Waals surface area contributed by atoms with E-state index in [-0.39, 0.29) is 18.2 Å². The van der Waals surface area contributed by atoms with E-state index in [2.05, 4.69) is 9.72 Å². The molecule has 5 nitrogen and oxygen atoms in total. The van der Waals surface area contributed by atoms with Gasteiger partial charge in [0, 0.05) is 11.6 Å². The molecule has 1 rings (SSSR count). The average molecular weight is 215 g/mol. The van der Waals surface area contributed by atoms with Crippen molar-refractivity contribution in [2.45, 2.75) is 13.3 Å². The molecule has 0 saturated heterocycles.